The van der Waals surface area contributed by atoms with Gasteiger partial charge in [-0.3, -0.25) is 0 Å². The Balaban J connectivity index is 1.35. The van der Waals surface area contributed by atoms with E-state index in [9.17, 15) is 0 Å². The number of fused-ring (bicyclic) bond motifs is 1. The Morgan fingerprint density at radius 3 is 2.07 bits per heavy atom. The third kappa shape index (κ3) is 4.00. The molecule has 3 heteroatoms. The standard InChI is InChI=1S/C25H23NO2/c26-18-24-23-9-5-4-8-21(23)12-15-25(24)28-17-16-27-22-13-10-20(11-14-22)19-6-2-1-3-7-19/h1-15H,16-18,26H2. The van der Waals surface area contributed by atoms with E-state index in [1.165, 1.54) is 16.5 Å². The van der Waals surface area contributed by atoms with Crippen molar-refractivity contribution in [3.8, 4) is 22.6 Å². The summed E-state index contributed by atoms with van der Waals surface area (Å²) in [5.74, 6) is 1.66. The van der Waals surface area contributed by atoms with Crippen molar-refractivity contribution >= 4 is 10.8 Å². The first-order chi connectivity index (χ1) is 13.8. The summed E-state index contributed by atoms with van der Waals surface area (Å²) in [6.07, 6.45) is 0. The fraction of sp³-hybridized carbons (Fsp3) is 0.120. The molecular weight excluding hydrogens is 346 g/mol. The maximum atomic E-state index is 5.96. The molecule has 28 heavy (non-hydrogen) atoms. The molecule has 0 aliphatic carbocycles. The maximum Gasteiger partial charge on any atom is 0.124 e. The topological polar surface area (TPSA) is 44.5 Å². The lowest BCUT2D eigenvalue weighted by atomic mass is 10.0. The molecule has 0 atom stereocenters. The molecular formula is C25H23NO2. The van der Waals surface area contributed by atoms with E-state index in [1.807, 2.05) is 48.5 Å². The van der Waals surface area contributed by atoms with Crippen LogP contribution in [0.3, 0.4) is 0 Å². The van der Waals surface area contributed by atoms with E-state index >= 15 is 0 Å². The zero-order valence-electron chi connectivity index (χ0n) is 15.7. The highest BCUT2D eigenvalue weighted by molar-refractivity contribution is 5.87. The number of benzene rings is 4. The average Bonchev–Trinajstić information content (AvgIpc) is 2.77. The predicted molar refractivity (Wildman–Crippen MR) is 115 cm³/mol. The van der Waals surface area contributed by atoms with E-state index in [0.29, 0.717) is 19.8 Å². The van der Waals surface area contributed by atoms with Crippen molar-refractivity contribution < 1.29 is 9.47 Å². The summed E-state index contributed by atoms with van der Waals surface area (Å²) >= 11 is 0. The minimum atomic E-state index is 0.443. The van der Waals surface area contributed by atoms with Gasteiger partial charge >= 0.3 is 0 Å². The highest BCUT2D eigenvalue weighted by atomic mass is 16.5. The molecule has 4 rings (SSSR count). The lowest BCUT2D eigenvalue weighted by Crippen LogP contribution is -2.11. The van der Waals surface area contributed by atoms with E-state index in [1.54, 1.807) is 0 Å². The van der Waals surface area contributed by atoms with Crippen LogP contribution in [0.25, 0.3) is 21.9 Å². The lowest BCUT2D eigenvalue weighted by Gasteiger charge is -2.14. The molecule has 0 heterocycles. The lowest BCUT2D eigenvalue weighted by molar-refractivity contribution is 0.216. The minimum absolute atomic E-state index is 0.443. The van der Waals surface area contributed by atoms with Crippen LogP contribution in [0.1, 0.15) is 5.56 Å². The van der Waals surface area contributed by atoms with Crippen LogP contribution in [0.5, 0.6) is 11.5 Å². The summed E-state index contributed by atoms with van der Waals surface area (Å²) in [5, 5.41) is 2.31. The zero-order valence-corrected chi connectivity index (χ0v) is 15.7. The maximum absolute atomic E-state index is 5.96. The van der Waals surface area contributed by atoms with Crippen LogP contribution in [0.2, 0.25) is 0 Å². The van der Waals surface area contributed by atoms with Crippen molar-refractivity contribution in [1.29, 1.82) is 0 Å². The summed E-state index contributed by atoms with van der Waals surface area (Å²) in [7, 11) is 0. The second-order valence-corrected chi connectivity index (χ2v) is 6.55. The third-order valence-electron chi connectivity index (χ3n) is 4.77. The van der Waals surface area contributed by atoms with Crippen LogP contribution in [0.4, 0.5) is 0 Å². The van der Waals surface area contributed by atoms with Crippen LogP contribution in [-0.4, -0.2) is 13.2 Å². The average molecular weight is 369 g/mol. The summed E-state index contributed by atoms with van der Waals surface area (Å²) in [4.78, 5) is 0. The number of rotatable bonds is 7. The third-order valence-corrected chi connectivity index (χ3v) is 4.77. The molecule has 0 aliphatic heterocycles. The Morgan fingerprint density at radius 2 is 1.29 bits per heavy atom. The number of ether oxygens (including phenoxy) is 2. The second kappa shape index (κ2) is 8.59. The second-order valence-electron chi connectivity index (χ2n) is 6.55. The van der Waals surface area contributed by atoms with Gasteiger partial charge in [-0.05, 0) is 40.1 Å². The normalized spacial score (nSPS) is 10.8. The van der Waals surface area contributed by atoms with Crippen molar-refractivity contribution in [3.63, 3.8) is 0 Å². The highest BCUT2D eigenvalue weighted by Gasteiger charge is 2.07. The molecule has 0 saturated heterocycles. The summed E-state index contributed by atoms with van der Waals surface area (Å²) in [5.41, 5.74) is 9.37. The predicted octanol–water partition coefficient (Wildman–Crippen LogP) is 5.42. The Labute approximate surface area is 165 Å². The quantitative estimate of drug-likeness (QED) is 0.442. The first-order valence-corrected chi connectivity index (χ1v) is 9.47. The Bertz CT molecular complexity index is 1040. The van der Waals surface area contributed by atoms with E-state index in [-0.39, 0.29) is 0 Å². The van der Waals surface area contributed by atoms with Gasteiger partial charge in [0.1, 0.15) is 24.7 Å². The fourth-order valence-corrected chi connectivity index (χ4v) is 3.35. The highest BCUT2D eigenvalue weighted by Crippen LogP contribution is 2.28. The fourth-order valence-electron chi connectivity index (χ4n) is 3.35. The molecule has 0 unspecified atom stereocenters. The Kier molecular flexibility index (Phi) is 5.55. The molecule has 140 valence electrons. The van der Waals surface area contributed by atoms with Gasteiger partial charge in [0.25, 0.3) is 0 Å². The summed E-state index contributed by atoms with van der Waals surface area (Å²) < 4.78 is 11.8. The van der Waals surface area contributed by atoms with E-state index < -0.39 is 0 Å². The Hall–Kier alpha value is -3.30. The van der Waals surface area contributed by atoms with Crippen molar-refractivity contribution in [2.24, 2.45) is 5.73 Å². The molecule has 0 aromatic heterocycles. The molecule has 4 aromatic carbocycles. The van der Waals surface area contributed by atoms with E-state index in [4.69, 9.17) is 15.2 Å². The number of hydrogen-bond donors (Lipinski definition) is 1. The largest absolute Gasteiger partial charge is 0.490 e. The smallest absolute Gasteiger partial charge is 0.124 e. The molecule has 2 N–H and O–H groups in total. The number of nitrogens with two attached hydrogens (primary N) is 1. The summed E-state index contributed by atoms with van der Waals surface area (Å²) in [6.45, 7) is 1.38. The van der Waals surface area contributed by atoms with Crippen molar-refractivity contribution in [3.05, 3.63) is 96.6 Å². The van der Waals surface area contributed by atoms with Gasteiger partial charge in [-0.25, -0.2) is 0 Å². The first-order valence-electron chi connectivity index (χ1n) is 9.47. The van der Waals surface area contributed by atoms with Gasteiger partial charge in [0.05, 0.1) is 0 Å². The SMILES string of the molecule is NCc1c(OCCOc2ccc(-c3ccccc3)cc2)ccc2ccccc12. The molecule has 0 amide bonds. The van der Waals surface area contributed by atoms with Gasteiger partial charge in [-0.15, -0.1) is 0 Å². The molecule has 0 aliphatic rings. The molecule has 0 bridgehead atoms. The van der Waals surface area contributed by atoms with Gasteiger partial charge in [-0.1, -0.05) is 72.8 Å². The zero-order chi connectivity index (χ0) is 19.2. The van der Waals surface area contributed by atoms with E-state index in [0.717, 1.165) is 22.4 Å². The Morgan fingerprint density at radius 1 is 0.607 bits per heavy atom. The monoisotopic (exact) mass is 369 g/mol. The molecule has 0 saturated carbocycles. The number of hydrogen-bond acceptors (Lipinski definition) is 3. The van der Waals surface area contributed by atoms with Crippen molar-refractivity contribution in [1.82, 2.24) is 0 Å². The van der Waals surface area contributed by atoms with E-state index in [2.05, 4.69) is 42.5 Å². The van der Waals surface area contributed by atoms with Crippen LogP contribution in [0, 0.1) is 0 Å². The first kappa shape index (κ1) is 18.1. The van der Waals surface area contributed by atoms with Crippen LogP contribution < -0.4 is 15.2 Å². The molecule has 0 radical (unpaired) electrons. The van der Waals surface area contributed by atoms with Crippen molar-refractivity contribution in [2.75, 3.05) is 13.2 Å². The van der Waals surface area contributed by atoms with Gasteiger partial charge < -0.3 is 15.2 Å². The minimum Gasteiger partial charge on any atom is -0.490 e. The van der Waals surface area contributed by atoms with Gasteiger partial charge in [0, 0.05) is 12.1 Å². The van der Waals surface area contributed by atoms with Gasteiger partial charge in [0.15, 0.2) is 0 Å². The van der Waals surface area contributed by atoms with Crippen LogP contribution in [0.15, 0.2) is 91.0 Å². The van der Waals surface area contributed by atoms with Gasteiger partial charge in [0.2, 0.25) is 0 Å². The molecule has 0 fully saturated rings. The molecule has 3 nitrogen and oxygen atoms in total. The molecule has 4 aromatic rings. The van der Waals surface area contributed by atoms with Crippen LogP contribution in [-0.2, 0) is 6.54 Å². The summed E-state index contributed by atoms with van der Waals surface area (Å²) in [6, 6.07) is 30.7. The van der Waals surface area contributed by atoms with Crippen molar-refractivity contribution in [2.45, 2.75) is 6.54 Å². The van der Waals surface area contributed by atoms with Crippen LogP contribution >= 0.6 is 0 Å². The molecule has 0 spiro atoms. The van der Waals surface area contributed by atoms with Gasteiger partial charge in [-0.2, -0.15) is 0 Å².